The van der Waals surface area contributed by atoms with E-state index in [1.807, 2.05) is 0 Å². The van der Waals surface area contributed by atoms with Crippen LogP contribution >= 0.6 is 0 Å². The van der Waals surface area contributed by atoms with Crippen molar-refractivity contribution in [1.82, 2.24) is 10.6 Å². The molecule has 0 radical (unpaired) electrons. The van der Waals surface area contributed by atoms with Crippen molar-refractivity contribution in [3.8, 4) is 0 Å². The van der Waals surface area contributed by atoms with Crippen LogP contribution in [0.4, 0.5) is 0 Å². The molecule has 1 amide bonds. The van der Waals surface area contributed by atoms with Crippen LogP contribution in [0, 0.1) is 5.92 Å². The van der Waals surface area contributed by atoms with E-state index in [-0.39, 0.29) is 5.91 Å². The molecule has 1 heterocycles. The fourth-order valence-electron chi connectivity index (χ4n) is 2.73. The van der Waals surface area contributed by atoms with Crippen molar-refractivity contribution in [2.24, 2.45) is 5.92 Å². The molecule has 2 N–H and O–H groups in total. The summed E-state index contributed by atoms with van der Waals surface area (Å²) in [7, 11) is 0. The molecular formula is C16H24N2O. The minimum absolute atomic E-state index is 0.0718. The fraction of sp³-hybridized carbons (Fsp3) is 0.562. The van der Waals surface area contributed by atoms with E-state index in [1.54, 1.807) is 0 Å². The van der Waals surface area contributed by atoms with Crippen LogP contribution in [0.5, 0.6) is 0 Å². The smallest absolute Gasteiger partial charge is 0.251 e. The van der Waals surface area contributed by atoms with Crippen LogP contribution in [0.25, 0.3) is 0 Å². The van der Waals surface area contributed by atoms with Gasteiger partial charge in [0.2, 0.25) is 0 Å². The Kier molecular flexibility index (Phi) is 4.59. The highest BCUT2D eigenvalue weighted by Gasteiger charge is 2.21. The highest BCUT2D eigenvalue weighted by molar-refractivity contribution is 5.96. The molecule has 0 saturated carbocycles. The summed E-state index contributed by atoms with van der Waals surface area (Å²) in [5, 5.41) is 6.46. The molecule has 104 valence electrons. The maximum atomic E-state index is 11.9. The summed E-state index contributed by atoms with van der Waals surface area (Å²) >= 11 is 0. The Labute approximate surface area is 115 Å². The lowest BCUT2D eigenvalue weighted by atomic mass is 9.89. The summed E-state index contributed by atoms with van der Waals surface area (Å²) in [6.45, 7) is 8.29. The number of nitrogens with one attached hydrogen (secondary N) is 2. The molecule has 0 bridgehead atoms. The summed E-state index contributed by atoms with van der Waals surface area (Å²) < 4.78 is 0. The van der Waals surface area contributed by atoms with Crippen LogP contribution < -0.4 is 10.6 Å². The van der Waals surface area contributed by atoms with Crippen molar-refractivity contribution >= 4 is 5.91 Å². The number of amides is 1. The first-order valence-corrected chi connectivity index (χ1v) is 7.31. The molecule has 1 aromatic rings. The molecule has 3 nitrogen and oxygen atoms in total. The summed E-state index contributed by atoms with van der Waals surface area (Å²) in [5.74, 6) is 0.632. The lowest BCUT2D eigenvalue weighted by molar-refractivity contribution is 0.0946. The molecule has 1 aromatic carbocycles. The molecule has 0 saturated heterocycles. The van der Waals surface area contributed by atoms with Gasteiger partial charge in [0.1, 0.15) is 0 Å². The minimum Gasteiger partial charge on any atom is -0.352 e. The first-order chi connectivity index (χ1) is 9.17. The van der Waals surface area contributed by atoms with Gasteiger partial charge in [-0.05, 0) is 36.1 Å². The Morgan fingerprint density at radius 3 is 2.84 bits per heavy atom. The number of carbonyl (C=O) groups excluding carboxylic acids is 1. The maximum Gasteiger partial charge on any atom is 0.251 e. The van der Waals surface area contributed by atoms with E-state index in [1.165, 1.54) is 11.1 Å². The second-order valence-corrected chi connectivity index (χ2v) is 5.34. The first-order valence-electron chi connectivity index (χ1n) is 7.31. The molecule has 2 atom stereocenters. The fourth-order valence-corrected chi connectivity index (χ4v) is 2.73. The molecule has 2 unspecified atom stereocenters. The molecule has 1 aliphatic heterocycles. The zero-order valence-electron chi connectivity index (χ0n) is 12.1. The molecule has 1 aliphatic rings. The normalized spacial score (nSPS) is 17.5. The summed E-state index contributed by atoms with van der Waals surface area (Å²) in [6.07, 6.45) is 2.07. The van der Waals surface area contributed by atoms with Gasteiger partial charge in [0.15, 0.2) is 0 Å². The van der Waals surface area contributed by atoms with E-state index in [2.05, 4.69) is 49.6 Å². The second-order valence-electron chi connectivity index (χ2n) is 5.34. The number of hydrogen-bond acceptors (Lipinski definition) is 2. The molecular weight excluding hydrogens is 236 g/mol. The Morgan fingerprint density at radius 1 is 1.37 bits per heavy atom. The minimum atomic E-state index is 0.0718. The van der Waals surface area contributed by atoms with E-state index in [4.69, 9.17) is 0 Å². The highest BCUT2D eigenvalue weighted by Crippen LogP contribution is 2.27. The van der Waals surface area contributed by atoms with E-state index < -0.39 is 0 Å². The number of rotatable bonds is 5. The maximum absolute atomic E-state index is 11.9. The Hall–Kier alpha value is -1.35. The third-order valence-corrected chi connectivity index (χ3v) is 4.05. The predicted molar refractivity (Wildman–Crippen MR) is 78.4 cm³/mol. The van der Waals surface area contributed by atoms with Crippen LogP contribution in [-0.2, 0) is 6.42 Å². The van der Waals surface area contributed by atoms with Crippen LogP contribution in [-0.4, -0.2) is 19.0 Å². The average molecular weight is 260 g/mol. The number of benzene rings is 1. The summed E-state index contributed by atoms with van der Waals surface area (Å²) in [6, 6.07) is 6.70. The topological polar surface area (TPSA) is 41.1 Å². The predicted octanol–water partition coefficient (Wildman–Crippen LogP) is 2.67. The largest absolute Gasteiger partial charge is 0.352 e. The SMILES string of the molecule is CCNC(c1ccc2c(c1)C(=O)NCC2)C(C)CC. The summed E-state index contributed by atoms with van der Waals surface area (Å²) in [5.41, 5.74) is 3.26. The Morgan fingerprint density at radius 2 is 2.16 bits per heavy atom. The number of carbonyl (C=O) groups is 1. The van der Waals surface area contributed by atoms with Gasteiger partial charge in [-0.25, -0.2) is 0 Å². The molecule has 3 heteroatoms. The van der Waals surface area contributed by atoms with E-state index in [0.717, 1.165) is 31.5 Å². The molecule has 0 fully saturated rings. The highest BCUT2D eigenvalue weighted by atomic mass is 16.1. The molecule has 0 spiro atoms. The van der Waals surface area contributed by atoms with Crippen LogP contribution in [0.15, 0.2) is 18.2 Å². The van der Waals surface area contributed by atoms with Gasteiger partial charge in [0, 0.05) is 18.2 Å². The van der Waals surface area contributed by atoms with Crippen molar-refractivity contribution in [3.63, 3.8) is 0 Å². The van der Waals surface area contributed by atoms with E-state index in [0.29, 0.717) is 12.0 Å². The molecule has 19 heavy (non-hydrogen) atoms. The van der Waals surface area contributed by atoms with Gasteiger partial charge < -0.3 is 10.6 Å². The molecule has 2 rings (SSSR count). The van der Waals surface area contributed by atoms with Gasteiger partial charge in [-0.1, -0.05) is 39.3 Å². The van der Waals surface area contributed by atoms with Gasteiger partial charge in [-0.15, -0.1) is 0 Å². The van der Waals surface area contributed by atoms with Gasteiger partial charge in [0.05, 0.1) is 0 Å². The molecule has 0 aliphatic carbocycles. The zero-order valence-corrected chi connectivity index (χ0v) is 12.1. The summed E-state index contributed by atoms with van der Waals surface area (Å²) in [4.78, 5) is 11.9. The third-order valence-electron chi connectivity index (χ3n) is 4.05. The van der Waals surface area contributed by atoms with Crippen molar-refractivity contribution in [1.29, 1.82) is 0 Å². The van der Waals surface area contributed by atoms with Gasteiger partial charge in [-0.2, -0.15) is 0 Å². The van der Waals surface area contributed by atoms with Gasteiger partial charge in [-0.3, -0.25) is 4.79 Å². The number of hydrogen-bond donors (Lipinski definition) is 2. The first kappa shape index (κ1) is 14.1. The standard InChI is InChI=1S/C16H24N2O/c1-4-11(3)15(17-5-2)13-7-6-12-8-9-18-16(19)14(12)10-13/h6-7,10-11,15,17H,4-5,8-9H2,1-3H3,(H,18,19). The number of fused-ring (bicyclic) bond motifs is 1. The van der Waals surface area contributed by atoms with Crippen molar-refractivity contribution in [2.75, 3.05) is 13.1 Å². The monoisotopic (exact) mass is 260 g/mol. The van der Waals surface area contributed by atoms with Crippen molar-refractivity contribution in [2.45, 2.75) is 39.7 Å². The van der Waals surface area contributed by atoms with Gasteiger partial charge >= 0.3 is 0 Å². The zero-order chi connectivity index (χ0) is 13.8. The van der Waals surface area contributed by atoms with Crippen molar-refractivity contribution < 1.29 is 4.79 Å². The lowest BCUT2D eigenvalue weighted by Crippen LogP contribution is -2.32. The van der Waals surface area contributed by atoms with Crippen LogP contribution in [0.2, 0.25) is 0 Å². The Bertz CT molecular complexity index is 456. The van der Waals surface area contributed by atoms with E-state index >= 15 is 0 Å². The van der Waals surface area contributed by atoms with E-state index in [9.17, 15) is 4.79 Å². The van der Waals surface area contributed by atoms with Crippen molar-refractivity contribution in [3.05, 3.63) is 34.9 Å². The van der Waals surface area contributed by atoms with Gasteiger partial charge in [0.25, 0.3) is 5.91 Å². The van der Waals surface area contributed by atoms with Crippen LogP contribution in [0.1, 0.15) is 54.7 Å². The third kappa shape index (κ3) is 2.98. The quantitative estimate of drug-likeness (QED) is 0.854. The molecule has 0 aromatic heterocycles. The average Bonchev–Trinajstić information content (AvgIpc) is 2.44. The lowest BCUT2D eigenvalue weighted by Gasteiger charge is -2.26. The Balaban J connectivity index is 2.33. The second kappa shape index (κ2) is 6.20. The van der Waals surface area contributed by atoms with Crippen LogP contribution in [0.3, 0.4) is 0 Å².